The second-order valence-corrected chi connectivity index (χ2v) is 6.27. The van der Waals surface area contributed by atoms with E-state index >= 15 is 0 Å². The van der Waals surface area contributed by atoms with Gasteiger partial charge in [-0.15, -0.1) is 0 Å². The molecule has 3 rings (SSSR count). The standard InChI is InChI=1S/C15H24N4O/c16-10-12-5-4-8-19(12)15(20)14-9-13(11-17-14)18-6-2-1-3-7-18/h12-14,17H,1-9,11H2/t12?,13-,14-/m0/s1. The first-order valence-electron chi connectivity index (χ1n) is 7.97. The minimum Gasteiger partial charge on any atom is -0.325 e. The Morgan fingerprint density at radius 2 is 1.95 bits per heavy atom. The van der Waals surface area contributed by atoms with Crippen LogP contribution in [0, 0.1) is 11.3 Å². The topological polar surface area (TPSA) is 59.4 Å². The summed E-state index contributed by atoms with van der Waals surface area (Å²) in [5, 5.41) is 12.5. The van der Waals surface area contributed by atoms with E-state index in [1.807, 2.05) is 0 Å². The van der Waals surface area contributed by atoms with Gasteiger partial charge in [0.2, 0.25) is 5.91 Å². The summed E-state index contributed by atoms with van der Waals surface area (Å²) in [6, 6.07) is 2.50. The molecule has 0 bridgehead atoms. The van der Waals surface area contributed by atoms with Gasteiger partial charge in [-0.1, -0.05) is 6.42 Å². The van der Waals surface area contributed by atoms with E-state index < -0.39 is 0 Å². The van der Waals surface area contributed by atoms with Crippen LogP contribution in [0.4, 0.5) is 0 Å². The van der Waals surface area contributed by atoms with Crippen LogP contribution >= 0.6 is 0 Å². The minimum absolute atomic E-state index is 0.0733. The maximum absolute atomic E-state index is 12.5. The van der Waals surface area contributed by atoms with Crippen LogP contribution in [0.3, 0.4) is 0 Å². The van der Waals surface area contributed by atoms with Crippen molar-refractivity contribution in [1.82, 2.24) is 15.1 Å². The zero-order chi connectivity index (χ0) is 13.9. The molecule has 1 unspecified atom stereocenters. The van der Waals surface area contributed by atoms with E-state index in [1.54, 1.807) is 4.90 Å². The Morgan fingerprint density at radius 1 is 1.15 bits per heavy atom. The third-order valence-corrected chi connectivity index (χ3v) is 5.00. The number of piperidine rings is 1. The number of nitrogens with one attached hydrogen (secondary N) is 1. The van der Waals surface area contributed by atoms with Gasteiger partial charge in [0.05, 0.1) is 12.1 Å². The summed E-state index contributed by atoms with van der Waals surface area (Å²) in [5.41, 5.74) is 0. The number of amides is 1. The number of nitriles is 1. The lowest BCUT2D eigenvalue weighted by Gasteiger charge is -2.31. The Balaban J connectivity index is 1.56. The molecular weight excluding hydrogens is 252 g/mol. The third kappa shape index (κ3) is 2.68. The summed E-state index contributed by atoms with van der Waals surface area (Å²) in [7, 11) is 0. The summed E-state index contributed by atoms with van der Waals surface area (Å²) >= 11 is 0. The largest absolute Gasteiger partial charge is 0.325 e. The summed E-state index contributed by atoms with van der Waals surface area (Å²) in [4.78, 5) is 16.9. The van der Waals surface area contributed by atoms with Gasteiger partial charge in [-0.05, 0) is 45.2 Å². The predicted molar refractivity (Wildman–Crippen MR) is 76.0 cm³/mol. The molecule has 0 aromatic rings. The zero-order valence-corrected chi connectivity index (χ0v) is 12.1. The highest BCUT2D eigenvalue weighted by Gasteiger charge is 2.38. The molecule has 3 aliphatic heterocycles. The van der Waals surface area contributed by atoms with Crippen LogP contribution in [0.2, 0.25) is 0 Å². The minimum atomic E-state index is -0.196. The Bertz CT molecular complexity index is 399. The fourth-order valence-electron chi connectivity index (χ4n) is 3.83. The maximum atomic E-state index is 12.5. The average Bonchev–Trinajstić information content (AvgIpc) is 3.16. The summed E-state index contributed by atoms with van der Waals surface area (Å²) in [5.74, 6) is 0.147. The molecule has 3 fully saturated rings. The number of hydrogen-bond donors (Lipinski definition) is 1. The van der Waals surface area contributed by atoms with Crippen LogP contribution in [0.5, 0.6) is 0 Å². The summed E-state index contributed by atoms with van der Waals surface area (Å²) in [6.07, 6.45) is 6.64. The van der Waals surface area contributed by atoms with Gasteiger partial charge in [0.1, 0.15) is 6.04 Å². The molecule has 0 aliphatic carbocycles. The number of carbonyl (C=O) groups excluding carboxylic acids is 1. The van der Waals surface area contributed by atoms with Crippen LogP contribution in [0.1, 0.15) is 38.5 Å². The molecule has 3 atom stereocenters. The van der Waals surface area contributed by atoms with Crippen molar-refractivity contribution >= 4 is 5.91 Å². The molecule has 0 radical (unpaired) electrons. The Hall–Kier alpha value is -1.12. The third-order valence-electron chi connectivity index (χ3n) is 5.00. The van der Waals surface area contributed by atoms with Crippen LogP contribution in [0.25, 0.3) is 0 Å². The molecule has 1 N–H and O–H groups in total. The summed E-state index contributed by atoms with van der Waals surface area (Å²) < 4.78 is 0. The highest BCUT2D eigenvalue weighted by atomic mass is 16.2. The fourth-order valence-corrected chi connectivity index (χ4v) is 3.83. The lowest BCUT2D eigenvalue weighted by Crippen LogP contribution is -2.45. The Morgan fingerprint density at radius 3 is 2.70 bits per heavy atom. The predicted octanol–water partition coefficient (Wildman–Crippen LogP) is 0.717. The zero-order valence-electron chi connectivity index (χ0n) is 12.1. The molecule has 3 heterocycles. The van der Waals surface area contributed by atoms with E-state index in [1.165, 1.54) is 32.4 Å². The lowest BCUT2D eigenvalue weighted by molar-refractivity contribution is -0.133. The highest BCUT2D eigenvalue weighted by molar-refractivity contribution is 5.83. The van der Waals surface area contributed by atoms with Gasteiger partial charge in [0.15, 0.2) is 0 Å². The molecule has 0 saturated carbocycles. The molecule has 110 valence electrons. The van der Waals surface area contributed by atoms with E-state index in [0.29, 0.717) is 6.04 Å². The molecule has 5 heteroatoms. The first kappa shape index (κ1) is 13.8. The van der Waals surface area contributed by atoms with Gasteiger partial charge < -0.3 is 10.2 Å². The number of nitrogens with zero attached hydrogens (tertiary/aromatic N) is 3. The molecule has 3 saturated heterocycles. The SMILES string of the molecule is N#CC1CCCN1C(=O)[C@@H]1C[C@H](N2CCCCC2)CN1. The maximum Gasteiger partial charge on any atom is 0.240 e. The average molecular weight is 276 g/mol. The molecular formula is C15H24N4O. The van der Waals surface area contributed by atoms with Gasteiger partial charge in [0, 0.05) is 19.1 Å². The van der Waals surface area contributed by atoms with Gasteiger partial charge in [-0.2, -0.15) is 5.26 Å². The van der Waals surface area contributed by atoms with Crippen molar-refractivity contribution in [3.8, 4) is 6.07 Å². The van der Waals surface area contributed by atoms with E-state index in [4.69, 9.17) is 5.26 Å². The van der Waals surface area contributed by atoms with Crippen LogP contribution in [0.15, 0.2) is 0 Å². The van der Waals surface area contributed by atoms with Crippen molar-refractivity contribution in [2.24, 2.45) is 0 Å². The Labute approximate surface area is 120 Å². The normalized spacial score (nSPS) is 35.1. The second-order valence-electron chi connectivity index (χ2n) is 6.27. The van der Waals surface area contributed by atoms with E-state index in [0.717, 1.165) is 32.4 Å². The van der Waals surface area contributed by atoms with Gasteiger partial charge >= 0.3 is 0 Å². The number of rotatable bonds is 2. The molecule has 0 aromatic carbocycles. The van der Waals surface area contributed by atoms with Crippen molar-refractivity contribution in [2.75, 3.05) is 26.2 Å². The van der Waals surface area contributed by atoms with Crippen molar-refractivity contribution in [2.45, 2.75) is 56.7 Å². The van der Waals surface area contributed by atoms with Crippen LogP contribution in [-0.2, 0) is 4.79 Å². The molecule has 20 heavy (non-hydrogen) atoms. The van der Waals surface area contributed by atoms with E-state index in [2.05, 4.69) is 16.3 Å². The van der Waals surface area contributed by atoms with E-state index in [-0.39, 0.29) is 18.0 Å². The Kier molecular flexibility index (Phi) is 4.23. The highest BCUT2D eigenvalue weighted by Crippen LogP contribution is 2.23. The number of hydrogen-bond acceptors (Lipinski definition) is 4. The van der Waals surface area contributed by atoms with Gasteiger partial charge in [0.25, 0.3) is 0 Å². The molecule has 0 aromatic heterocycles. The van der Waals surface area contributed by atoms with Gasteiger partial charge in [-0.25, -0.2) is 0 Å². The quantitative estimate of drug-likeness (QED) is 0.807. The number of carbonyl (C=O) groups is 1. The van der Waals surface area contributed by atoms with Crippen LogP contribution < -0.4 is 5.32 Å². The molecule has 3 aliphatic rings. The van der Waals surface area contributed by atoms with Crippen LogP contribution in [-0.4, -0.2) is 60.0 Å². The van der Waals surface area contributed by atoms with Gasteiger partial charge in [-0.3, -0.25) is 9.69 Å². The first-order valence-corrected chi connectivity index (χ1v) is 7.97. The molecule has 1 amide bonds. The number of likely N-dealkylation sites (tertiary alicyclic amines) is 2. The monoisotopic (exact) mass is 276 g/mol. The van der Waals surface area contributed by atoms with Crippen molar-refractivity contribution < 1.29 is 4.79 Å². The fraction of sp³-hybridized carbons (Fsp3) is 0.867. The molecule has 5 nitrogen and oxygen atoms in total. The van der Waals surface area contributed by atoms with Crippen molar-refractivity contribution in [3.63, 3.8) is 0 Å². The first-order chi connectivity index (χ1) is 9.79. The van der Waals surface area contributed by atoms with E-state index in [9.17, 15) is 4.79 Å². The smallest absolute Gasteiger partial charge is 0.240 e. The summed E-state index contributed by atoms with van der Waals surface area (Å²) in [6.45, 7) is 4.03. The van der Waals surface area contributed by atoms with Crippen molar-refractivity contribution in [3.05, 3.63) is 0 Å². The lowest BCUT2D eigenvalue weighted by atomic mass is 10.1. The second kappa shape index (κ2) is 6.11. The van der Waals surface area contributed by atoms with Crippen molar-refractivity contribution in [1.29, 1.82) is 5.26 Å². The molecule has 0 spiro atoms.